The van der Waals surface area contributed by atoms with Crippen LogP contribution < -0.4 is 0 Å². The second-order valence-electron chi connectivity index (χ2n) is 9.24. The van der Waals surface area contributed by atoms with Gasteiger partial charge in [0.2, 0.25) is 0 Å². The van der Waals surface area contributed by atoms with Crippen LogP contribution in [0.1, 0.15) is 27.6 Å². The van der Waals surface area contributed by atoms with Crippen LogP contribution in [0.3, 0.4) is 0 Å². The Morgan fingerprint density at radius 2 is 1.00 bits per heavy atom. The summed E-state index contributed by atoms with van der Waals surface area (Å²) in [5, 5.41) is 17.9. The van der Waals surface area contributed by atoms with Crippen molar-refractivity contribution in [1.29, 1.82) is 0 Å². The first kappa shape index (κ1) is 25.7. The standard InChI is InChI=1S/C31H22Cl2N6O/c1-19-36-34-17-38(19)29-25(21-9-13-23(32)14-10-21)5-3-7-27(29)31(40)28-8-4-6-26(22-11-15-24(33)16-12-22)30(28)39-18-35-37-20(39)2/h3-18H,1-2H3. The first-order chi connectivity index (χ1) is 19.4. The monoisotopic (exact) mass is 564 g/mol. The molecular weight excluding hydrogens is 543 g/mol. The van der Waals surface area contributed by atoms with Crippen LogP contribution >= 0.6 is 23.2 Å². The van der Waals surface area contributed by atoms with Crippen molar-refractivity contribution in [1.82, 2.24) is 29.5 Å². The van der Waals surface area contributed by atoms with E-state index in [9.17, 15) is 4.79 Å². The van der Waals surface area contributed by atoms with Crippen LogP contribution in [0.15, 0.2) is 97.6 Å². The molecule has 0 N–H and O–H groups in total. The minimum atomic E-state index is -0.169. The van der Waals surface area contributed by atoms with E-state index in [0.29, 0.717) is 44.2 Å². The van der Waals surface area contributed by atoms with E-state index >= 15 is 0 Å². The molecule has 9 heteroatoms. The normalized spacial score (nSPS) is 11.1. The highest BCUT2D eigenvalue weighted by Crippen LogP contribution is 2.36. The minimum Gasteiger partial charge on any atom is -0.288 e. The zero-order chi connectivity index (χ0) is 27.8. The maximum absolute atomic E-state index is 14.6. The van der Waals surface area contributed by atoms with Crippen LogP contribution in [-0.2, 0) is 0 Å². The van der Waals surface area contributed by atoms with Gasteiger partial charge in [0, 0.05) is 32.3 Å². The highest BCUT2D eigenvalue weighted by atomic mass is 35.5. The van der Waals surface area contributed by atoms with Crippen molar-refractivity contribution >= 4 is 29.0 Å². The number of ketones is 1. The number of carbonyl (C=O) groups is 1. The third kappa shape index (κ3) is 4.59. The lowest BCUT2D eigenvalue weighted by atomic mass is 9.91. The van der Waals surface area contributed by atoms with Crippen LogP contribution in [0.4, 0.5) is 0 Å². The molecule has 0 saturated carbocycles. The maximum atomic E-state index is 14.6. The zero-order valence-corrected chi connectivity index (χ0v) is 23.1. The molecule has 4 aromatic carbocycles. The van der Waals surface area contributed by atoms with Gasteiger partial charge in [0.25, 0.3) is 0 Å². The number of para-hydroxylation sites is 2. The molecule has 2 aromatic heterocycles. The van der Waals surface area contributed by atoms with Gasteiger partial charge in [-0.25, -0.2) is 0 Å². The molecule has 7 nitrogen and oxygen atoms in total. The molecule has 2 heterocycles. The van der Waals surface area contributed by atoms with E-state index in [0.717, 1.165) is 22.3 Å². The molecule has 6 aromatic rings. The molecule has 0 amide bonds. The predicted octanol–water partition coefficient (Wildman–Crippen LogP) is 7.34. The van der Waals surface area contributed by atoms with Gasteiger partial charge in [-0.15, -0.1) is 20.4 Å². The molecule has 0 bridgehead atoms. The van der Waals surface area contributed by atoms with Gasteiger partial charge < -0.3 is 0 Å². The quantitative estimate of drug-likeness (QED) is 0.198. The molecule has 40 heavy (non-hydrogen) atoms. The molecule has 0 unspecified atom stereocenters. The van der Waals surface area contributed by atoms with Crippen LogP contribution in [0.5, 0.6) is 0 Å². The Hall–Kier alpha value is -4.59. The van der Waals surface area contributed by atoms with Crippen molar-refractivity contribution in [2.24, 2.45) is 0 Å². The van der Waals surface area contributed by atoms with Crippen molar-refractivity contribution in [2.75, 3.05) is 0 Å². The minimum absolute atomic E-state index is 0.169. The van der Waals surface area contributed by atoms with Crippen LogP contribution in [-0.4, -0.2) is 35.3 Å². The molecule has 0 radical (unpaired) electrons. The Morgan fingerprint density at radius 1 is 0.600 bits per heavy atom. The smallest absolute Gasteiger partial charge is 0.197 e. The summed E-state index contributed by atoms with van der Waals surface area (Å²) in [6, 6.07) is 26.4. The van der Waals surface area contributed by atoms with Crippen molar-refractivity contribution in [3.8, 4) is 33.6 Å². The summed E-state index contributed by atoms with van der Waals surface area (Å²) in [4.78, 5) is 14.6. The van der Waals surface area contributed by atoms with Gasteiger partial charge in [-0.3, -0.25) is 13.9 Å². The fraction of sp³-hybridized carbons (Fsp3) is 0.0645. The van der Waals surface area contributed by atoms with Crippen LogP contribution in [0.2, 0.25) is 10.0 Å². The summed E-state index contributed by atoms with van der Waals surface area (Å²) in [5.74, 6) is 1.14. The number of hydrogen-bond acceptors (Lipinski definition) is 5. The van der Waals surface area contributed by atoms with E-state index in [1.165, 1.54) is 0 Å². The third-order valence-corrected chi connectivity index (χ3v) is 7.29. The molecular formula is C31H22Cl2N6O. The van der Waals surface area contributed by atoms with Crippen LogP contribution in [0.25, 0.3) is 33.6 Å². The van der Waals surface area contributed by atoms with Gasteiger partial charge in [-0.1, -0.05) is 71.7 Å². The summed E-state index contributed by atoms with van der Waals surface area (Å²) in [6.45, 7) is 3.71. The molecule has 0 aliphatic heterocycles. The summed E-state index contributed by atoms with van der Waals surface area (Å²) >= 11 is 12.4. The van der Waals surface area contributed by atoms with E-state index in [4.69, 9.17) is 23.2 Å². The van der Waals surface area contributed by atoms with Crippen molar-refractivity contribution in [2.45, 2.75) is 13.8 Å². The van der Waals surface area contributed by atoms with Gasteiger partial charge in [-0.2, -0.15) is 0 Å². The number of aryl methyl sites for hydroxylation is 2. The SMILES string of the molecule is Cc1nncn1-c1c(C(=O)c2cccc(-c3ccc(Cl)cc3)c2-n2cnnc2C)cccc1-c1ccc(Cl)cc1. The largest absolute Gasteiger partial charge is 0.288 e. The van der Waals surface area contributed by atoms with Crippen LogP contribution in [0, 0.1) is 13.8 Å². The highest BCUT2D eigenvalue weighted by molar-refractivity contribution is 6.31. The topological polar surface area (TPSA) is 78.5 Å². The van der Waals surface area contributed by atoms with E-state index in [1.807, 2.05) is 108 Å². The molecule has 0 aliphatic rings. The second kappa shape index (κ2) is 10.5. The molecule has 0 spiro atoms. The number of carbonyl (C=O) groups excluding carboxylic acids is 1. The van der Waals surface area contributed by atoms with Gasteiger partial charge in [0.05, 0.1) is 11.4 Å². The highest BCUT2D eigenvalue weighted by Gasteiger charge is 2.25. The number of benzene rings is 4. The number of halogens is 2. The average Bonchev–Trinajstić information content (AvgIpc) is 3.60. The fourth-order valence-corrected chi connectivity index (χ4v) is 5.12. The predicted molar refractivity (Wildman–Crippen MR) is 157 cm³/mol. The van der Waals surface area contributed by atoms with Crippen molar-refractivity contribution < 1.29 is 4.79 Å². The molecule has 0 atom stereocenters. The van der Waals surface area contributed by atoms with Crippen molar-refractivity contribution in [3.05, 3.63) is 130 Å². The zero-order valence-electron chi connectivity index (χ0n) is 21.6. The summed E-state index contributed by atoms with van der Waals surface area (Å²) in [7, 11) is 0. The molecule has 0 aliphatic carbocycles. The Balaban J connectivity index is 1.62. The molecule has 0 fully saturated rings. The van der Waals surface area contributed by atoms with Gasteiger partial charge in [0.1, 0.15) is 24.3 Å². The lowest BCUT2D eigenvalue weighted by molar-refractivity contribution is 0.103. The van der Waals surface area contributed by atoms with E-state index in [2.05, 4.69) is 20.4 Å². The third-order valence-electron chi connectivity index (χ3n) is 6.79. The van der Waals surface area contributed by atoms with E-state index in [-0.39, 0.29) is 5.78 Å². The van der Waals surface area contributed by atoms with Gasteiger partial charge >= 0.3 is 0 Å². The second-order valence-corrected chi connectivity index (χ2v) is 10.1. The van der Waals surface area contributed by atoms with E-state index < -0.39 is 0 Å². The van der Waals surface area contributed by atoms with Crippen molar-refractivity contribution in [3.63, 3.8) is 0 Å². The Bertz CT molecular complexity index is 1720. The fourth-order valence-electron chi connectivity index (χ4n) is 4.87. The number of rotatable bonds is 6. The maximum Gasteiger partial charge on any atom is 0.197 e. The summed E-state index contributed by atoms with van der Waals surface area (Å²) in [6.07, 6.45) is 3.24. The molecule has 196 valence electrons. The molecule has 0 saturated heterocycles. The van der Waals surface area contributed by atoms with Gasteiger partial charge in [-0.05, 0) is 61.4 Å². The summed E-state index contributed by atoms with van der Waals surface area (Å²) < 4.78 is 3.67. The van der Waals surface area contributed by atoms with E-state index in [1.54, 1.807) is 12.7 Å². The lowest BCUT2D eigenvalue weighted by Crippen LogP contribution is -2.13. The number of aromatic nitrogens is 6. The Morgan fingerprint density at radius 3 is 1.35 bits per heavy atom. The number of hydrogen-bond donors (Lipinski definition) is 0. The average molecular weight is 565 g/mol. The Kier molecular flexibility index (Phi) is 6.76. The molecule has 6 rings (SSSR count). The first-order valence-corrected chi connectivity index (χ1v) is 13.2. The number of nitrogens with zero attached hydrogens (tertiary/aromatic N) is 6. The lowest BCUT2D eigenvalue weighted by Gasteiger charge is -2.19. The van der Waals surface area contributed by atoms with Gasteiger partial charge in [0.15, 0.2) is 5.78 Å². The Labute approximate surface area is 240 Å². The summed E-state index contributed by atoms with van der Waals surface area (Å²) in [5.41, 5.74) is 5.87. The first-order valence-electron chi connectivity index (χ1n) is 12.5.